The molecular weight excluding hydrogens is 713 g/mol. The predicted molar refractivity (Wildman–Crippen MR) is 240 cm³/mol. The molecule has 0 spiro atoms. The van der Waals surface area contributed by atoms with Crippen LogP contribution < -0.4 is 0 Å². The van der Waals surface area contributed by atoms with Crippen LogP contribution in [0.1, 0.15) is 0 Å². The zero-order valence-electron chi connectivity index (χ0n) is 30.5. The smallest absolute Gasteiger partial charge is 0.0972 e. The minimum absolute atomic E-state index is 0.889. The van der Waals surface area contributed by atoms with Crippen molar-refractivity contribution in [1.29, 1.82) is 0 Å². The van der Waals surface area contributed by atoms with E-state index in [1.54, 1.807) is 0 Å². The lowest BCUT2D eigenvalue weighted by atomic mass is 9.93. The Morgan fingerprint density at radius 3 is 1.93 bits per heavy atom. The highest BCUT2D eigenvalue weighted by Crippen LogP contribution is 2.44. The molecule has 0 saturated carbocycles. The summed E-state index contributed by atoms with van der Waals surface area (Å²) in [5.41, 5.74) is 11.9. The van der Waals surface area contributed by atoms with Crippen molar-refractivity contribution in [3.63, 3.8) is 0 Å². The van der Waals surface area contributed by atoms with Crippen LogP contribution in [0.2, 0.25) is 0 Å². The van der Waals surface area contributed by atoms with Gasteiger partial charge in [-0.25, -0.2) is 15.0 Å². The fourth-order valence-electron chi connectivity index (χ4n) is 8.59. The normalized spacial score (nSPS) is 11.9. The Balaban J connectivity index is 1.01. The molecule has 0 unspecified atom stereocenters. The summed E-state index contributed by atoms with van der Waals surface area (Å²) in [6.07, 6.45) is 1.88. The van der Waals surface area contributed by atoms with Gasteiger partial charge in [0, 0.05) is 80.9 Å². The van der Waals surface area contributed by atoms with Gasteiger partial charge in [0.25, 0.3) is 0 Å². The second kappa shape index (κ2) is 12.6. The summed E-state index contributed by atoms with van der Waals surface area (Å²) in [6.45, 7) is 0. The number of hydrogen-bond donors (Lipinski definition) is 0. The number of pyridine rings is 4. The summed E-state index contributed by atoms with van der Waals surface area (Å²) in [5, 5.41) is 9.36. The number of fused-ring (bicyclic) bond motifs is 11. The van der Waals surface area contributed by atoms with Gasteiger partial charge in [-0.1, -0.05) is 140 Å². The lowest BCUT2D eigenvalue weighted by molar-refractivity contribution is 1.36. The highest BCUT2D eigenvalue weighted by molar-refractivity contribution is 7.26. The van der Waals surface area contributed by atoms with Crippen LogP contribution in [0.4, 0.5) is 0 Å². The lowest BCUT2D eigenvalue weighted by Gasteiger charge is -2.14. The van der Waals surface area contributed by atoms with E-state index in [4.69, 9.17) is 19.9 Å². The molecule has 0 radical (unpaired) electrons. The fraction of sp³-hybridized carbons (Fsp3) is 0. The monoisotopic (exact) mass is 742 g/mol. The Morgan fingerprint density at radius 2 is 1.05 bits per heavy atom. The number of nitrogens with zero attached hydrogens (tertiary/aromatic N) is 4. The van der Waals surface area contributed by atoms with Crippen LogP contribution in [0, 0.1) is 0 Å². The van der Waals surface area contributed by atoms with Crippen molar-refractivity contribution < 1.29 is 0 Å². The van der Waals surface area contributed by atoms with Crippen molar-refractivity contribution in [2.24, 2.45) is 0 Å². The molecule has 5 heteroatoms. The summed E-state index contributed by atoms with van der Waals surface area (Å²) in [5.74, 6) is 0. The second-order valence-corrected chi connectivity index (χ2v) is 15.6. The lowest BCUT2D eigenvalue weighted by Crippen LogP contribution is -1.93. The van der Waals surface area contributed by atoms with Gasteiger partial charge in [-0.3, -0.25) is 4.98 Å². The molecule has 57 heavy (non-hydrogen) atoms. The Morgan fingerprint density at radius 1 is 0.386 bits per heavy atom. The number of para-hydroxylation sites is 1. The van der Waals surface area contributed by atoms with E-state index in [2.05, 4.69) is 152 Å². The van der Waals surface area contributed by atoms with Gasteiger partial charge in [-0.05, 0) is 42.0 Å². The fourth-order valence-corrected chi connectivity index (χ4v) is 9.85. The first kappa shape index (κ1) is 32.0. The second-order valence-electron chi connectivity index (χ2n) is 14.5. The minimum Gasteiger partial charge on any atom is -0.256 e. The first-order chi connectivity index (χ1) is 28.2. The Hall–Kier alpha value is -7.34. The average molecular weight is 743 g/mol. The molecule has 0 aliphatic carbocycles. The maximum atomic E-state index is 5.33. The zero-order chi connectivity index (χ0) is 37.5. The van der Waals surface area contributed by atoms with E-state index in [-0.39, 0.29) is 0 Å². The number of thiophene rings is 1. The van der Waals surface area contributed by atoms with E-state index in [9.17, 15) is 0 Å². The third-order valence-corrected chi connectivity index (χ3v) is 12.5. The SMILES string of the molecule is c1ccc(-c2ccc3ccc4ccc(-c5ccc(-c6cccc(-c7nc8ccccc8c8c7ccc7c9ccccc9sc78)c6)c6ncccc56)nc4c3n2)cc1. The average Bonchev–Trinajstić information content (AvgIpc) is 3.67. The summed E-state index contributed by atoms with van der Waals surface area (Å²) in [7, 11) is 0. The van der Waals surface area contributed by atoms with E-state index in [1.807, 2.05) is 41.8 Å². The summed E-state index contributed by atoms with van der Waals surface area (Å²) >= 11 is 1.87. The van der Waals surface area contributed by atoms with Gasteiger partial charge in [0.05, 0.1) is 39.1 Å². The first-order valence-electron chi connectivity index (χ1n) is 19.1. The molecule has 0 N–H and O–H groups in total. The van der Waals surface area contributed by atoms with Gasteiger partial charge in [-0.2, -0.15) is 0 Å². The topological polar surface area (TPSA) is 51.6 Å². The van der Waals surface area contributed by atoms with Gasteiger partial charge in [0.15, 0.2) is 0 Å². The summed E-state index contributed by atoms with van der Waals surface area (Å²) in [4.78, 5) is 20.8. The van der Waals surface area contributed by atoms with Crippen LogP contribution in [0.3, 0.4) is 0 Å². The summed E-state index contributed by atoms with van der Waals surface area (Å²) < 4.78 is 2.60. The van der Waals surface area contributed by atoms with Gasteiger partial charge in [0.2, 0.25) is 0 Å². The van der Waals surface area contributed by atoms with Crippen LogP contribution in [0.15, 0.2) is 182 Å². The maximum absolute atomic E-state index is 5.33. The molecule has 5 heterocycles. The Labute approximate surface area is 331 Å². The molecule has 264 valence electrons. The van der Waals surface area contributed by atoms with Gasteiger partial charge < -0.3 is 0 Å². The van der Waals surface area contributed by atoms with Crippen molar-refractivity contribution in [3.05, 3.63) is 182 Å². The van der Waals surface area contributed by atoms with Crippen molar-refractivity contribution in [1.82, 2.24) is 19.9 Å². The third kappa shape index (κ3) is 5.06. The molecule has 0 atom stereocenters. The third-order valence-electron chi connectivity index (χ3n) is 11.3. The summed E-state index contributed by atoms with van der Waals surface area (Å²) in [6, 6.07) is 62.2. The molecule has 0 amide bonds. The highest BCUT2D eigenvalue weighted by Gasteiger charge is 2.18. The Bertz CT molecular complexity index is 3590. The molecule has 0 bridgehead atoms. The van der Waals surface area contributed by atoms with E-state index < -0.39 is 0 Å². The number of rotatable bonds is 4. The van der Waals surface area contributed by atoms with Crippen molar-refractivity contribution in [2.45, 2.75) is 0 Å². The van der Waals surface area contributed by atoms with Crippen molar-refractivity contribution >= 4 is 85.9 Å². The van der Waals surface area contributed by atoms with Gasteiger partial charge in [0.1, 0.15) is 0 Å². The standard InChI is InChI=1S/C52H30N4S/c1-2-10-31(11-3-1)43-27-21-32-19-20-33-22-28-45(56-50(33)49(32)54-43)37-24-23-36(51-39(37)16-9-29-53-51)34-12-8-13-35(30-34)48-42-26-25-40-38-14-5-7-18-46(38)57-52(40)47(42)41-15-4-6-17-44(41)55-48/h1-30H. The van der Waals surface area contributed by atoms with Crippen LogP contribution in [0.25, 0.3) is 119 Å². The van der Waals surface area contributed by atoms with E-state index in [0.717, 1.165) is 88.5 Å². The number of hydrogen-bond acceptors (Lipinski definition) is 5. The molecule has 12 rings (SSSR count). The maximum Gasteiger partial charge on any atom is 0.0972 e. The molecule has 0 aliphatic heterocycles. The van der Waals surface area contributed by atoms with Crippen LogP contribution in [-0.4, -0.2) is 19.9 Å². The first-order valence-corrected chi connectivity index (χ1v) is 19.9. The molecule has 5 aromatic heterocycles. The van der Waals surface area contributed by atoms with Crippen LogP contribution in [0.5, 0.6) is 0 Å². The van der Waals surface area contributed by atoms with Crippen molar-refractivity contribution in [2.75, 3.05) is 0 Å². The molecule has 12 aromatic rings. The molecule has 7 aromatic carbocycles. The quantitative estimate of drug-likeness (QED) is 0.169. The highest BCUT2D eigenvalue weighted by atomic mass is 32.1. The molecular formula is C52H30N4S. The zero-order valence-corrected chi connectivity index (χ0v) is 31.3. The molecule has 0 aliphatic rings. The number of aromatic nitrogens is 4. The predicted octanol–water partition coefficient (Wildman–Crippen LogP) is 14.1. The minimum atomic E-state index is 0.889. The van der Waals surface area contributed by atoms with Crippen LogP contribution >= 0.6 is 11.3 Å². The van der Waals surface area contributed by atoms with E-state index in [0.29, 0.717) is 0 Å². The molecule has 0 saturated heterocycles. The van der Waals surface area contributed by atoms with E-state index >= 15 is 0 Å². The van der Waals surface area contributed by atoms with Crippen molar-refractivity contribution in [3.8, 4) is 44.9 Å². The number of benzene rings is 7. The van der Waals surface area contributed by atoms with Crippen LogP contribution in [-0.2, 0) is 0 Å². The Kier molecular flexibility index (Phi) is 7.06. The van der Waals surface area contributed by atoms with Gasteiger partial charge >= 0.3 is 0 Å². The molecule has 4 nitrogen and oxygen atoms in total. The van der Waals surface area contributed by atoms with Gasteiger partial charge in [-0.15, -0.1) is 11.3 Å². The largest absolute Gasteiger partial charge is 0.256 e. The molecule has 0 fully saturated rings. The van der Waals surface area contributed by atoms with E-state index in [1.165, 1.54) is 30.9 Å².